The standard InChI is InChI=1S/C30H24FN5O/c1-18-23-13-12-22-27(24-6-4-5-15-33-24)35-36(29(22)30(23,2)16-25(32-3)28(18)37)26-14-9-20(17-34-26)19-7-10-21(31)11-8-19/h4-11,14-18,23H,12-13H2,1-2H3/t18-,23-,30-/m1/s1. The Morgan fingerprint density at radius 2 is 1.86 bits per heavy atom. The molecule has 0 unspecified atom stereocenters. The number of rotatable bonds is 3. The Labute approximate surface area is 214 Å². The van der Waals surface area contributed by atoms with Crippen LogP contribution in [0, 0.1) is 24.2 Å². The zero-order chi connectivity index (χ0) is 25.7. The lowest BCUT2D eigenvalue weighted by Crippen LogP contribution is -2.46. The van der Waals surface area contributed by atoms with Gasteiger partial charge in [-0.2, -0.15) is 5.10 Å². The summed E-state index contributed by atoms with van der Waals surface area (Å²) < 4.78 is 15.3. The lowest BCUT2D eigenvalue weighted by atomic mass is 9.58. The van der Waals surface area contributed by atoms with Gasteiger partial charge in [-0.3, -0.25) is 4.98 Å². The van der Waals surface area contributed by atoms with Crippen LogP contribution in [-0.2, 0) is 16.6 Å². The summed E-state index contributed by atoms with van der Waals surface area (Å²) in [6.07, 6.45) is 6.93. The molecule has 4 aromatic rings. The summed E-state index contributed by atoms with van der Waals surface area (Å²) in [6, 6.07) is 15.9. The zero-order valence-electron chi connectivity index (χ0n) is 20.5. The van der Waals surface area contributed by atoms with E-state index in [-0.39, 0.29) is 29.1 Å². The largest absolute Gasteiger partial charge is 0.308 e. The van der Waals surface area contributed by atoms with E-state index in [2.05, 4.69) is 16.8 Å². The number of carbonyl (C=O) groups is 1. The summed E-state index contributed by atoms with van der Waals surface area (Å²) in [4.78, 5) is 25.8. The predicted octanol–water partition coefficient (Wildman–Crippen LogP) is 5.98. The summed E-state index contributed by atoms with van der Waals surface area (Å²) in [6.45, 7) is 11.7. The number of benzene rings is 1. The van der Waals surface area contributed by atoms with E-state index < -0.39 is 5.41 Å². The van der Waals surface area contributed by atoms with E-state index in [4.69, 9.17) is 16.7 Å². The van der Waals surface area contributed by atoms with Gasteiger partial charge in [0.25, 0.3) is 0 Å². The van der Waals surface area contributed by atoms with E-state index in [1.54, 1.807) is 24.5 Å². The van der Waals surface area contributed by atoms with Gasteiger partial charge in [0.15, 0.2) is 11.6 Å². The Bertz CT molecular complexity index is 1580. The summed E-state index contributed by atoms with van der Waals surface area (Å²) in [5.74, 6) is 0.0480. The maximum atomic E-state index is 13.4. The molecule has 0 bridgehead atoms. The number of hydrogen-bond donors (Lipinski definition) is 0. The maximum Gasteiger partial charge on any atom is 0.226 e. The average Bonchev–Trinajstić information content (AvgIpc) is 3.33. The molecule has 0 radical (unpaired) electrons. The second-order valence-corrected chi connectivity index (χ2v) is 9.94. The first-order chi connectivity index (χ1) is 17.9. The highest BCUT2D eigenvalue weighted by molar-refractivity contribution is 6.00. The van der Waals surface area contributed by atoms with Crippen LogP contribution < -0.4 is 0 Å². The van der Waals surface area contributed by atoms with Crippen molar-refractivity contribution in [1.82, 2.24) is 19.7 Å². The topological polar surface area (TPSA) is 65.0 Å². The van der Waals surface area contributed by atoms with Crippen molar-refractivity contribution in [2.45, 2.75) is 32.1 Å². The molecule has 0 spiro atoms. The SMILES string of the molecule is [C-]#[N+]C1=C[C@@]2(C)c3c(c(-c4ccccn4)nn3-c3ccc(-c4ccc(F)cc4)cn3)CC[C@@H]2[C@@H](C)C1=O. The Hall–Kier alpha value is -4.44. The number of aromatic nitrogens is 4. The molecule has 1 aromatic carbocycles. The van der Waals surface area contributed by atoms with Crippen LogP contribution in [0.25, 0.3) is 33.2 Å². The van der Waals surface area contributed by atoms with Gasteiger partial charge in [-0.05, 0) is 60.7 Å². The fourth-order valence-electron chi connectivity index (χ4n) is 6.02. The molecule has 3 heterocycles. The lowest BCUT2D eigenvalue weighted by molar-refractivity contribution is -0.121. The van der Waals surface area contributed by atoms with Gasteiger partial charge in [0.05, 0.1) is 18.0 Å². The quantitative estimate of drug-likeness (QED) is 0.332. The van der Waals surface area contributed by atoms with Gasteiger partial charge in [-0.25, -0.2) is 18.9 Å². The smallest absolute Gasteiger partial charge is 0.226 e. The molecule has 182 valence electrons. The van der Waals surface area contributed by atoms with Crippen molar-refractivity contribution >= 4 is 5.78 Å². The van der Waals surface area contributed by atoms with Crippen LogP contribution in [0.1, 0.15) is 31.5 Å². The van der Waals surface area contributed by atoms with Crippen LogP contribution in [0.3, 0.4) is 0 Å². The molecule has 7 heteroatoms. The van der Waals surface area contributed by atoms with Crippen LogP contribution >= 0.6 is 0 Å². The Kier molecular flexibility index (Phi) is 5.34. The highest BCUT2D eigenvalue weighted by Crippen LogP contribution is 2.52. The number of fused-ring (bicyclic) bond motifs is 3. The summed E-state index contributed by atoms with van der Waals surface area (Å²) >= 11 is 0. The highest BCUT2D eigenvalue weighted by atomic mass is 19.1. The Morgan fingerprint density at radius 1 is 1.08 bits per heavy atom. The normalized spacial score (nSPS) is 22.5. The van der Waals surface area contributed by atoms with Crippen molar-refractivity contribution in [1.29, 1.82) is 0 Å². The van der Waals surface area contributed by atoms with Crippen LogP contribution in [0.4, 0.5) is 4.39 Å². The molecule has 6 rings (SSSR count). The summed E-state index contributed by atoms with van der Waals surface area (Å²) in [7, 11) is 0. The molecule has 6 nitrogen and oxygen atoms in total. The molecule has 2 aliphatic rings. The monoisotopic (exact) mass is 489 g/mol. The van der Waals surface area contributed by atoms with Crippen molar-refractivity contribution in [3.63, 3.8) is 0 Å². The Morgan fingerprint density at radius 3 is 2.54 bits per heavy atom. The number of allylic oxidation sites excluding steroid dienone is 2. The molecule has 0 amide bonds. The second-order valence-electron chi connectivity index (χ2n) is 9.94. The molecule has 3 atom stereocenters. The molecule has 3 aromatic heterocycles. The van der Waals surface area contributed by atoms with Gasteiger partial charge in [-0.1, -0.05) is 38.1 Å². The van der Waals surface area contributed by atoms with E-state index in [0.29, 0.717) is 5.82 Å². The van der Waals surface area contributed by atoms with Gasteiger partial charge >= 0.3 is 0 Å². The fraction of sp³-hybridized carbons (Fsp3) is 0.233. The molecule has 2 aliphatic carbocycles. The third kappa shape index (κ3) is 3.60. The molecule has 0 fully saturated rings. The van der Waals surface area contributed by atoms with Gasteiger partial charge in [0.2, 0.25) is 5.70 Å². The highest BCUT2D eigenvalue weighted by Gasteiger charge is 2.50. The molecule has 0 aliphatic heterocycles. The lowest BCUT2D eigenvalue weighted by Gasteiger charge is -2.45. The van der Waals surface area contributed by atoms with Crippen LogP contribution in [0.15, 0.2) is 78.8 Å². The van der Waals surface area contributed by atoms with Gasteiger partial charge < -0.3 is 4.79 Å². The van der Waals surface area contributed by atoms with E-state index in [1.165, 1.54) is 12.1 Å². The minimum absolute atomic E-state index is 0.0449. The average molecular weight is 490 g/mol. The minimum atomic E-state index is -0.571. The van der Waals surface area contributed by atoms with Crippen molar-refractivity contribution in [3.8, 4) is 28.3 Å². The zero-order valence-corrected chi connectivity index (χ0v) is 20.5. The van der Waals surface area contributed by atoms with Gasteiger partial charge in [0, 0.05) is 34.9 Å². The third-order valence-electron chi connectivity index (χ3n) is 7.85. The summed E-state index contributed by atoms with van der Waals surface area (Å²) in [5, 5.41) is 5.03. The van der Waals surface area contributed by atoms with Crippen LogP contribution in [0.2, 0.25) is 0 Å². The minimum Gasteiger partial charge on any atom is -0.308 e. The number of pyridine rings is 2. The number of Topliss-reactive ketones (excluding diaryl/α,β-unsaturated/α-hetero) is 1. The first-order valence-corrected chi connectivity index (χ1v) is 12.3. The van der Waals surface area contributed by atoms with Crippen molar-refractivity contribution in [2.75, 3.05) is 0 Å². The number of halogens is 1. The van der Waals surface area contributed by atoms with Crippen LogP contribution in [-0.4, -0.2) is 25.5 Å². The van der Waals surface area contributed by atoms with E-state index in [0.717, 1.165) is 46.6 Å². The number of hydrogen-bond acceptors (Lipinski definition) is 4. The molecule has 0 N–H and O–H groups in total. The maximum absolute atomic E-state index is 13.4. The fourth-order valence-corrected chi connectivity index (χ4v) is 6.02. The van der Waals surface area contributed by atoms with E-state index in [9.17, 15) is 9.18 Å². The first-order valence-electron chi connectivity index (χ1n) is 12.3. The second kappa shape index (κ2) is 8.59. The third-order valence-corrected chi connectivity index (χ3v) is 7.85. The Balaban J connectivity index is 1.55. The van der Waals surface area contributed by atoms with E-state index in [1.807, 2.05) is 48.0 Å². The van der Waals surface area contributed by atoms with Crippen molar-refractivity contribution in [2.24, 2.45) is 11.8 Å². The number of ketones is 1. The summed E-state index contributed by atoms with van der Waals surface area (Å²) in [5.41, 5.74) is 4.94. The number of nitrogens with zero attached hydrogens (tertiary/aromatic N) is 5. The molecule has 37 heavy (non-hydrogen) atoms. The van der Waals surface area contributed by atoms with Crippen LogP contribution in [0.5, 0.6) is 0 Å². The van der Waals surface area contributed by atoms with Crippen molar-refractivity contribution < 1.29 is 9.18 Å². The van der Waals surface area contributed by atoms with Gasteiger partial charge in [0.1, 0.15) is 11.5 Å². The van der Waals surface area contributed by atoms with E-state index >= 15 is 0 Å². The molecule has 0 saturated heterocycles. The number of carbonyl (C=O) groups excluding carboxylic acids is 1. The molecule has 0 saturated carbocycles. The molecular formula is C30H24FN5O. The predicted molar refractivity (Wildman–Crippen MR) is 138 cm³/mol. The molecular weight excluding hydrogens is 465 g/mol. The van der Waals surface area contributed by atoms with Gasteiger partial charge in [-0.15, -0.1) is 0 Å². The first kappa shape index (κ1) is 23.0. The van der Waals surface area contributed by atoms with Crippen molar-refractivity contribution in [3.05, 3.63) is 107 Å².